The van der Waals surface area contributed by atoms with Crippen LogP contribution in [0.4, 0.5) is 5.13 Å². The van der Waals surface area contributed by atoms with Crippen molar-refractivity contribution in [3.63, 3.8) is 0 Å². The van der Waals surface area contributed by atoms with Crippen LogP contribution in [0.1, 0.15) is 42.1 Å². The summed E-state index contributed by atoms with van der Waals surface area (Å²) in [5.41, 5.74) is 3.80. The molecule has 0 atom stereocenters. The highest BCUT2D eigenvalue weighted by Gasteiger charge is 2.28. The summed E-state index contributed by atoms with van der Waals surface area (Å²) in [7, 11) is 0. The molecule has 0 spiro atoms. The molecule has 156 valence electrons. The predicted octanol–water partition coefficient (Wildman–Crippen LogP) is 4.85. The Hall–Kier alpha value is -2.93. The molecule has 1 saturated heterocycles. The van der Waals surface area contributed by atoms with Gasteiger partial charge in [0.05, 0.1) is 17.5 Å². The van der Waals surface area contributed by atoms with E-state index in [2.05, 4.69) is 41.5 Å². The van der Waals surface area contributed by atoms with Gasteiger partial charge in [0.2, 0.25) is 5.91 Å². The Bertz CT molecular complexity index is 987. The fourth-order valence-electron chi connectivity index (χ4n) is 3.72. The van der Waals surface area contributed by atoms with Gasteiger partial charge in [-0.25, -0.2) is 4.98 Å². The fourth-order valence-corrected chi connectivity index (χ4v) is 4.44. The summed E-state index contributed by atoms with van der Waals surface area (Å²) in [5, 5.41) is 5.54. The Morgan fingerprint density at radius 2 is 1.97 bits per heavy atom. The summed E-state index contributed by atoms with van der Waals surface area (Å²) < 4.78 is 4.99. The molecule has 3 heterocycles. The molecular weight excluding hydrogens is 398 g/mol. The van der Waals surface area contributed by atoms with Crippen molar-refractivity contribution in [2.75, 3.05) is 18.4 Å². The molecule has 0 aliphatic carbocycles. The number of piperidine rings is 1. The quantitative estimate of drug-likeness (QED) is 0.615. The standard InChI is InChI=1S/C23H25N3O3S/c1-2-3-16-4-6-17(7-5-16)20-15-30-23(24-20)25-21(27)18-8-11-26(12-9-18)22(28)19-10-13-29-14-19/h4-7,10,13-15,18H,2-3,8-9,11-12H2,1H3,(H,24,25,27). The first kappa shape index (κ1) is 20.3. The number of anilines is 1. The van der Waals surface area contributed by atoms with Crippen molar-refractivity contribution in [3.05, 3.63) is 59.4 Å². The second-order valence-electron chi connectivity index (χ2n) is 7.55. The molecule has 1 aliphatic rings. The number of thiazole rings is 1. The van der Waals surface area contributed by atoms with Gasteiger partial charge in [0.15, 0.2) is 5.13 Å². The van der Waals surface area contributed by atoms with Crippen molar-refractivity contribution in [1.29, 1.82) is 0 Å². The van der Waals surface area contributed by atoms with E-state index in [9.17, 15) is 9.59 Å². The highest BCUT2D eigenvalue weighted by molar-refractivity contribution is 7.14. The average molecular weight is 424 g/mol. The molecule has 0 saturated carbocycles. The number of aryl methyl sites for hydroxylation is 1. The third kappa shape index (κ3) is 4.62. The number of carbonyl (C=O) groups is 2. The topological polar surface area (TPSA) is 75.4 Å². The van der Waals surface area contributed by atoms with E-state index < -0.39 is 0 Å². The molecule has 1 aromatic carbocycles. The average Bonchev–Trinajstić information content (AvgIpc) is 3.47. The van der Waals surface area contributed by atoms with Crippen LogP contribution in [0.5, 0.6) is 0 Å². The maximum atomic E-state index is 12.7. The summed E-state index contributed by atoms with van der Waals surface area (Å²) in [6.07, 6.45) is 6.45. The Labute approximate surface area is 179 Å². The van der Waals surface area contributed by atoms with Crippen LogP contribution in [0, 0.1) is 5.92 Å². The van der Waals surface area contributed by atoms with Gasteiger partial charge < -0.3 is 14.6 Å². The molecule has 1 aliphatic heterocycles. The lowest BCUT2D eigenvalue weighted by atomic mass is 9.95. The van der Waals surface area contributed by atoms with Crippen LogP contribution in [0.3, 0.4) is 0 Å². The Morgan fingerprint density at radius 3 is 2.63 bits per heavy atom. The van der Waals surface area contributed by atoms with Crippen LogP contribution < -0.4 is 5.32 Å². The van der Waals surface area contributed by atoms with E-state index in [1.807, 2.05) is 5.38 Å². The second kappa shape index (κ2) is 9.26. The highest BCUT2D eigenvalue weighted by atomic mass is 32.1. The number of nitrogens with zero attached hydrogens (tertiary/aromatic N) is 2. The number of carbonyl (C=O) groups excluding carboxylic acids is 2. The van der Waals surface area contributed by atoms with Gasteiger partial charge in [-0.15, -0.1) is 11.3 Å². The molecule has 0 unspecified atom stereocenters. The van der Waals surface area contributed by atoms with E-state index in [0.29, 0.717) is 36.6 Å². The van der Waals surface area contributed by atoms with Crippen molar-refractivity contribution in [3.8, 4) is 11.3 Å². The van der Waals surface area contributed by atoms with Gasteiger partial charge in [-0.3, -0.25) is 9.59 Å². The van der Waals surface area contributed by atoms with Gasteiger partial charge in [-0.05, 0) is 30.9 Å². The molecule has 0 radical (unpaired) electrons. The first-order valence-corrected chi connectivity index (χ1v) is 11.2. The SMILES string of the molecule is CCCc1ccc(-c2csc(NC(=O)C3CCN(C(=O)c4ccoc4)CC3)n2)cc1. The van der Waals surface area contributed by atoms with Gasteiger partial charge in [0.1, 0.15) is 6.26 Å². The van der Waals surface area contributed by atoms with Crippen molar-refractivity contribution in [2.24, 2.45) is 5.92 Å². The molecule has 2 amide bonds. The van der Waals surface area contributed by atoms with Crippen LogP contribution in [0.15, 0.2) is 52.7 Å². The molecule has 30 heavy (non-hydrogen) atoms. The number of nitrogens with one attached hydrogen (secondary N) is 1. The van der Waals surface area contributed by atoms with Crippen LogP contribution in [0.2, 0.25) is 0 Å². The molecule has 1 N–H and O–H groups in total. The van der Waals surface area contributed by atoms with E-state index in [0.717, 1.165) is 24.1 Å². The van der Waals surface area contributed by atoms with Crippen molar-refractivity contribution in [2.45, 2.75) is 32.6 Å². The zero-order valence-corrected chi connectivity index (χ0v) is 17.8. The van der Waals surface area contributed by atoms with Gasteiger partial charge in [0, 0.05) is 30.0 Å². The van der Waals surface area contributed by atoms with Crippen LogP contribution in [-0.2, 0) is 11.2 Å². The zero-order chi connectivity index (χ0) is 20.9. The zero-order valence-electron chi connectivity index (χ0n) is 17.0. The number of amides is 2. The van der Waals surface area contributed by atoms with Crippen LogP contribution in [0.25, 0.3) is 11.3 Å². The third-order valence-electron chi connectivity index (χ3n) is 5.44. The van der Waals surface area contributed by atoms with E-state index in [1.165, 1.54) is 29.4 Å². The number of hydrogen-bond donors (Lipinski definition) is 1. The van der Waals surface area contributed by atoms with E-state index in [-0.39, 0.29) is 17.7 Å². The summed E-state index contributed by atoms with van der Waals surface area (Å²) in [6, 6.07) is 10.1. The molecule has 4 rings (SSSR count). The first-order chi connectivity index (χ1) is 14.6. The minimum absolute atomic E-state index is 0.0235. The van der Waals surface area contributed by atoms with E-state index in [4.69, 9.17) is 4.42 Å². The predicted molar refractivity (Wildman–Crippen MR) is 118 cm³/mol. The number of furan rings is 1. The van der Waals surface area contributed by atoms with E-state index >= 15 is 0 Å². The monoisotopic (exact) mass is 423 g/mol. The molecule has 2 aromatic heterocycles. The Balaban J connectivity index is 1.31. The maximum absolute atomic E-state index is 12.7. The normalized spacial score (nSPS) is 14.6. The highest BCUT2D eigenvalue weighted by Crippen LogP contribution is 2.27. The second-order valence-corrected chi connectivity index (χ2v) is 8.41. The number of aromatic nitrogens is 1. The molecule has 0 bridgehead atoms. The summed E-state index contributed by atoms with van der Waals surface area (Å²) in [4.78, 5) is 31.4. The van der Waals surface area contributed by atoms with Crippen molar-refractivity contribution >= 4 is 28.3 Å². The number of likely N-dealkylation sites (tertiary alicyclic amines) is 1. The largest absolute Gasteiger partial charge is 0.472 e. The Kier molecular flexibility index (Phi) is 6.28. The maximum Gasteiger partial charge on any atom is 0.257 e. The van der Waals surface area contributed by atoms with E-state index in [1.54, 1.807) is 11.0 Å². The van der Waals surface area contributed by atoms with Gasteiger partial charge in [-0.1, -0.05) is 37.6 Å². The van der Waals surface area contributed by atoms with Gasteiger partial charge >= 0.3 is 0 Å². The number of benzene rings is 1. The molecule has 3 aromatic rings. The smallest absolute Gasteiger partial charge is 0.257 e. The van der Waals surface area contributed by atoms with Gasteiger partial charge in [-0.2, -0.15) is 0 Å². The minimum Gasteiger partial charge on any atom is -0.472 e. The van der Waals surface area contributed by atoms with Crippen molar-refractivity contribution < 1.29 is 14.0 Å². The number of hydrogen-bond acceptors (Lipinski definition) is 5. The summed E-state index contributed by atoms with van der Waals surface area (Å²) in [5.74, 6) is -0.180. The lowest BCUT2D eigenvalue weighted by Gasteiger charge is -2.30. The molecule has 6 nitrogen and oxygen atoms in total. The lowest BCUT2D eigenvalue weighted by molar-refractivity contribution is -0.121. The lowest BCUT2D eigenvalue weighted by Crippen LogP contribution is -2.41. The van der Waals surface area contributed by atoms with Crippen molar-refractivity contribution in [1.82, 2.24) is 9.88 Å². The number of rotatable bonds is 6. The summed E-state index contributed by atoms with van der Waals surface area (Å²) >= 11 is 1.44. The third-order valence-corrected chi connectivity index (χ3v) is 6.20. The van der Waals surface area contributed by atoms with Crippen LogP contribution >= 0.6 is 11.3 Å². The molecule has 7 heteroatoms. The first-order valence-electron chi connectivity index (χ1n) is 10.3. The minimum atomic E-state index is -0.112. The molecular formula is C23H25N3O3S. The van der Waals surface area contributed by atoms with Crippen LogP contribution in [-0.4, -0.2) is 34.8 Å². The summed E-state index contributed by atoms with van der Waals surface area (Å²) in [6.45, 7) is 3.30. The van der Waals surface area contributed by atoms with Gasteiger partial charge in [0.25, 0.3) is 5.91 Å². The Morgan fingerprint density at radius 1 is 1.20 bits per heavy atom. The molecule has 1 fully saturated rings. The fraction of sp³-hybridized carbons (Fsp3) is 0.348.